The molecule has 0 bridgehead atoms. The van der Waals surface area contributed by atoms with Gasteiger partial charge < -0.3 is 10.2 Å². The molecule has 1 saturated heterocycles. The molecule has 0 saturated carbocycles. The largest absolute Gasteiger partial charge is 0.326 e. The number of amides is 2. The molecule has 2 aromatic carbocycles. The zero-order valence-electron chi connectivity index (χ0n) is 13.1. The van der Waals surface area contributed by atoms with Crippen LogP contribution in [-0.4, -0.2) is 18.4 Å². The maximum atomic E-state index is 13.6. The van der Waals surface area contributed by atoms with E-state index in [2.05, 4.69) is 21.2 Å². The number of anilines is 2. The highest BCUT2D eigenvalue weighted by atomic mass is 79.9. The fourth-order valence-corrected chi connectivity index (χ4v) is 3.20. The van der Waals surface area contributed by atoms with Crippen LogP contribution < -0.4 is 10.2 Å². The standard InChI is InChI=1S/C18H16BrFN2O2/c1-11-6-7-13(9-15(11)20)21-18(24)12-8-17(23)22(10-12)16-5-3-2-4-14(16)19/h2-7,9,12H,8,10H2,1H3,(H,21,24). The van der Waals surface area contributed by atoms with Gasteiger partial charge in [0.1, 0.15) is 5.82 Å². The summed E-state index contributed by atoms with van der Waals surface area (Å²) in [6, 6.07) is 11.9. The molecule has 0 spiro atoms. The molecule has 4 nitrogen and oxygen atoms in total. The van der Waals surface area contributed by atoms with Crippen molar-refractivity contribution in [2.24, 2.45) is 5.92 Å². The van der Waals surface area contributed by atoms with Gasteiger partial charge in [0, 0.05) is 23.1 Å². The highest BCUT2D eigenvalue weighted by Crippen LogP contribution is 2.31. The van der Waals surface area contributed by atoms with Gasteiger partial charge in [-0.05, 0) is 52.7 Å². The summed E-state index contributed by atoms with van der Waals surface area (Å²) in [7, 11) is 0. The highest BCUT2D eigenvalue weighted by Gasteiger charge is 2.35. The summed E-state index contributed by atoms with van der Waals surface area (Å²) in [5.74, 6) is -1.21. The number of carbonyl (C=O) groups excluding carboxylic acids is 2. The van der Waals surface area contributed by atoms with Crippen LogP contribution in [-0.2, 0) is 9.59 Å². The van der Waals surface area contributed by atoms with E-state index >= 15 is 0 Å². The molecule has 1 N–H and O–H groups in total. The van der Waals surface area contributed by atoms with Crippen LogP contribution in [0.25, 0.3) is 0 Å². The van der Waals surface area contributed by atoms with Crippen LogP contribution >= 0.6 is 15.9 Å². The lowest BCUT2D eigenvalue weighted by molar-refractivity contribution is -0.122. The normalized spacial score (nSPS) is 17.2. The first-order valence-electron chi connectivity index (χ1n) is 7.57. The number of benzene rings is 2. The summed E-state index contributed by atoms with van der Waals surface area (Å²) in [5, 5.41) is 2.69. The van der Waals surface area contributed by atoms with Crippen LogP contribution in [0.1, 0.15) is 12.0 Å². The molecule has 6 heteroatoms. The third kappa shape index (κ3) is 3.33. The molecule has 1 unspecified atom stereocenters. The lowest BCUT2D eigenvalue weighted by Crippen LogP contribution is -2.28. The Labute approximate surface area is 147 Å². The summed E-state index contributed by atoms with van der Waals surface area (Å²) in [4.78, 5) is 26.3. The Morgan fingerprint density at radius 1 is 1.29 bits per heavy atom. The Kier molecular flexibility index (Phi) is 4.66. The van der Waals surface area contributed by atoms with Gasteiger partial charge in [-0.3, -0.25) is 9.59 Å². The molecule has 0 aliphatic carbocycles. The first-order chi connectivity index (χ1) is 11.5. The van der Waals surface area contributed by atoms with Crippen molar-refractivity contribution in [1.82, 2.24) is 0 Å². The zero-order chi connectivity index (χ0) is 17.3. The predicted molar refractivity (Wildman–Crippen MR) is 94.4 cm³/mol. The fraction of sp³-hybridized carbons (Fsp3) is 0.222. The maximum absolute atomic E-state index is 13.6. The topological polar surface area (TPSA) is 49.4 Å². The van der Waals surface area contributed by atoms with Gasteiger partial charge in [-0.15, -0.1) is 0 Å². The van der Waals surface area contributed by atoms with Crippen molar-refractivity contribution >= 4 is 39.1 Å². The number of para-hydroxylation sites is 1. The average molecular weight is 391 g/mol. The Morgan fingerprint density at radius 2 is 2.04 bits per heavy atom. The van der Waals surface area contributed by atoms with E-state index in [-0.39, 0.29) is 24.1 Å². The third-order valence-electron chi connectivity index (χ3n) is 4.08. The quantitative estimate of drug-likeness (QED) is 0.863. The molecule has 1 aliphatic rings. The Balaban J connectivity index is 1.72. The maximum Gasteiger partial charge on any atom is 0.229 e. The molecule has 24 heavy (non-hydrogen) atoms. The Hall–Kier alpha value is -2.21. The van der Waals surface area contributed by atoms with E-state index in [9.17, 15) is 14.0 Å². The van der Waals surface area contributed by atoms with Gasteiger partial charge in [0.2, 0.25) is 11.8 Å². The van der Waals surface area contributed by atoms with Gasteiger partial charge in [-0.25, -0.2) is 4.39 Å². The molecule has 2 aromatic rings. The molecule has 2 amide bonds. The predicted octanol–water partition coefficient (Wildman–Crippen LogP) is 3.89. The van der Waals surface area contributed by atoms with Crippen LogP contribution in [0.15, 0.2) is 46.9 Å². The SMILES string of the molecule is Cc1ccc(NC(=O)C2CC(=O)N(c3ccccc3Br)C2)cc1F. The molecular weight excluding hydrogens is 375 g/mol. The number of aryl methyl sites for hydroxylation is 1. The molecule has 1 fully saturated rings. The van der Waals surface area contributed by atoms with Crippen LogP contribution in [0.3, 0.4) is 0 Å². The first-order valence-corrected chi connectivity index (χ1v) is 8.37. The second-order valence-corrected chi connectivity index (χ2v) is 6.66. The minimum absolute atomic E-state index is 0.0999. The monoisotopic (exact) mass is 390 g/mol. The number of hydrogen-bond donors (Lipinski definition) is 1. The average Bonchev–Trinajstić information content (AvgIpc) is 2.93. The minimum atomic E-state index is -0.464. The van der Waals surface area contributed by atoms with Gasteiger partial charge in [-0.2, -0.15) is 0 Å². The molecule has 124 valence electrons. The van der Waals surface area contributed by atoms with E-state index in [0.717, 1.165) is 10.2 Å². The molecule has 3 rings (SSSR count). The molecular formula is C18H16BrFN2O2. The molecule has 1 atom stereocenters. The number of hydrogen-bond acceptors (Lipinski definition) is 2. The van der Waals surface area contributed by atoms with Crippen molar-refractivity contribution in [2.45, 2.75) is 13.3 Å². The van der Waals surface area contributed by atoms with Crippen molar-refractivity contribution in [2.75, 3.05) is 16.8 Å². The highest BCUT2D eigenvalue weighted by molar-refractivity contribution is 9.10. The number of halogens is 2. The van der Waals surface area contributed by atoms with Gasteiger partial charge in [0.25, 0.3) is 0 Å². The van der Waals surface area contributed by atoms with Crippen molar-refractivity contribution in [3.63, 3.8) is 0 Å². The molecule has 0 radical (unpaired) electrons. The first kappa shape index (κ1) is 16.6. The molecule has 1 aliphatic heterocycles. The van der Waals surface area contributed by atoms with Crippen molar-refractivity contribution in [3.05, 3.63) is 58.3 Å². The van der Waals surface area contributed by atoms with Crippen LogP contribution in [0.2, 0.25) is 0 Å². The molecule has 0 aromatic heterocycles. The van der Waals surface area contributed by atoms with Crippen LogP contribution in [0.4, 0.5) is 15.8 Å². The Morgan fingerprint density at radius 3 is 2.75 bits per heavy atom. The number of carbonyl (C=O) groups is 2. The lowest BCUT2D eigenvalue weighted by atomic mass is 10.1. The van der Waals surface area contributed by atoms with Crippen molar-refractivity contribution in [1.29, 1.82) is 0 Å². The minimum Gasteiger partial charge on any atom is -0.326 e. The third-order valence-corrected chi connectivity index (χ3v) is 4.75. The summed E-state index contributed by atoms with van der Waals surface area (Å²) < 4.78 is 14.4. The van der Waals surface area contributed by atoms with E-state index in [0.29, 0.717) is 17.8 Å². The van der Waals surface area contributed by atoms with Crippen LogP contribution in [0.5, 0.6) is 0 Å². The van der Waals surface area contributed by atoms with Gasteiger partial charge in [0.05, 0.1) is 11.6 Å². The van der Waals surface area contributed by atoms with Gasteiger partial charge in [0.15, 0.2) is 0 Å². The number of nitrogens with one attached hydrogen (secondary N) is 1. The summed E-state index contributed by atoms with van der Waals surface area (Å²) in [6.07, 6.45) is 0.140. The number of nitrogens with zero attached hydrogens (tertiary/aromatic N) is 1. The number of rotatable bonds is 3. The second-order valence-electron chi connectivity index (χ2n) is 5.81. The van der Waals surface area contributed by atoms with E-state index in [1.165, 1.54) is 6.07 Å². The Bertz CT molecular complexity index is 809. The fourth-order valence-electron chi connectivity index (χ4n) is 2.70. The summed E-state index contributed by atoms with van der Waals surface area (Å²) in [6.45, 7) is 1.97. The lowest BCUT2D eigenvalue weighted by Gasteiger charge is -2.18. The second kappa shape index (κ2) is 6.73. The van der Waals surface area contributed by atoms with Crippen molar-refractivity contribution < 1.29 is 14.0 Å². The summed E-state index contributed by atoms with van der Waals surface area (Å²) in [5.41, 5.74) is 1.67. The van der Waals surface area contributed by atoms with Gasteiger partial charge in [-0.1, -0.05) is 18.2 Å². The zero-order valence-corrected chi connectivity index (χ0v) is 14.6. The smallest absolute Gasteiger partial charge is 0.229 e. The molecule has 1 heterocycles. The van der Waals surface area contributed by atoms with E-state index in [1.54, 1.807) is 24.0 Å². The van der Waals surface area contributed by atoms with E-state index in [4.69, 9.17) is 0 Å². The van der Waals surface area contributed by atoms with E-state index in [1.807, 2.05) is 24.3 Å². The van der Waals surface area contributed by atoms with Crippen LogP contribution in [0, 0.1) is 18.7 Å². The van der Waals surface area contributed by atoms with Gasteiger partial charge >= 0.3 is 0 Å². The van der Waals surface area contributed by atoms with E-state index < -0.39 is 5.92 Å². The van der Waals surface area contributed by atoms with Crippen molar-refractivity contribution in [3.8, 4) is 0 Å². The summed E-state index contributed by atoms with van der Waals surface area (Å²) >= 11 is 3.42.